The highest BCUT2D eigenvalue weighted by molar-refractivity contribution is 5.95. The van der Waals surface area contributed by atoms with Crippen molar-refractivity contribution < 1.29 is 19.1 Å². The number of ether oxygens (including phenoxy) is 2. The lowest BCUT2D eigenvalue weighted by Crippen LogP contribution is -2.43. The minimum absolute atomic E-state index is 0.0126. The molecule has 0 aliphatic carbocycles. The van der Waals surface area contributed by atoms with Gasteiger partial charge in [0.25, 0.3) is 0 Å². The van der Waals surface area contributed by atoms with Gasteiger partial charge in [-0.1, -0.05) is 6.07 Å². The third-order valence-corrected chi connectivity index (χ3v) is 3.49. The van der Waals surface area contributed by atoms with Gasteiger partial charge in [0.1, 0.15) is 17.9 Å². The van der Waals surface area contributed by atoms with Crippen LogP contribution in [0.25, 0.3) is 0 Å². The first-order chi connectivity index (χ1) is 10.8. The van der Waals surface area contributed by atoms with Crippen LogP contribution in [0.3, 0.4) is 0 Å². The number of carbonyl (C=O) groups excluding carboxylic acids is 2. The van der Waals surface area contributed by atoms with Gasteiger partial charge in [0.2, 0.25) is 5.78 Å². The van der Waals surface area contributed by atoms with Crippen LogP contribution < -0.4 is 0 Å². The molecule has 2 heterocycles. The predicted molar refractivity (Wildman–Crippen MR) is 85.3 cm³/mol. The Kier molecular flexibility index (Phi) is 5.71. The SMILES string of the molecule is CC(C)(C)OC(=O)N1CCC(OCC(=O)c2ccccn2)CC1. The molecule has 1 aromatic rings. The summed E-state index contributed by atoms with van der Waals surface area (Å²) in [5.41, 5.74) is -0.0711. The lowest BCUT2D eigenvalue weighted by Gasteiger charge is -2.33. The number of carbonyl (C=O) groups is 2. The van der Waals surface area contributed by atoms with E-state index in [1.54, 1.807) is 29.3 Å². The average molecular weight is 320 g/mol. The van der Waals surface area contributed by atoms with Gasteiger partial charge >= 0.3 is 6.09 Å². The van der Waals surface area contributed by atoms with Crippen molar-refractivity contribution >= 4 is 11.9 Å². The van der Waals surface area contributed by atoms with Gasteiger partial charge in [0, 0.05) is 19.3 Å². The number of nitrogens with zero attached hydrogens (tertiary/aromatic N) is 2. The number of piperidine rings is 1. The molecule has 1 fully saturated rings. The Morgan fingerprint density at radius 3 is 2.52 bits per heavy atom. The minimum Gasteiger partial charge on any atom is -0.444 e. The van der Waals surface area contributed by atoms with Gasteiger partial charge in [0.05, 0.1) is 6.10 Å². The molecule has 0 unspecified atom stereocenters. The molecule has 6 heteroatoms. The number of likely N-dealkylation sites (tertiary alicyclic amines) is 1. The van der Waals surface area contributed by atoms with Gasteiger partial charge in [-0.15, -0.1) is 0 Å². The van der Waals surface area contributed by atoms with Crippen LogP contribution in [-0.2, 0) is 9.47 Å². The van der Waals surface area contributed by atoms with Crippen molar-refractivity contribution in [3.8, 4) is 0 Å². The van der Waals surface area contributed by atoms with Crippen molar-refractivity contribution in [2.45, 2.75) is 45.3 Å². The molecule has 23 heavy (non-hydrogen) atoms. The van der Waals surface area contributed by atoms with E-state index in [1.807, 2.05) is 20.8 Å². The van der Waals surface area contributed by atoms with E-state index in [1.165, 1.54) is 0 Å². The van der Waals surface area contributed by atoms with Gasteiger partial charge in [-0.2, -0.15) is 0 Å². The molecule has 0 spiro atoms. The first-order valence-corrected chi connectivity index (χ1v) is 7.89. The average Bonchev–Trinajstić information content (AvgIpc) is 2.52. The number of ketones is 1. The Balaban J connectivity index is 1.73. The zero-order chi connectivity index (χ0) is 16.9. The molecule has 1 amide bonds. The topological polar surface area (TPSA) is 68.7 Å². The number of aromatic nitrogens is 1. The number of rotatable bonds is 4. The molecule has 126 valence electrons. The van der Waals surface area contributed by atoms with E-state index >= 15 is 0 Å². The summed E-state index contributed by atoms with van der Waals surface area (Å²) in [6.45, 7) is 6.74. The fourth-order valence-electron chi connectivity index (χ4n) is 2.33. The maximum atomic E-state index is 12.0. The largest absolute Gasteiger partial charge is 0.444 e. The fraction of sp³-hybridized carbons (Fsp3) is 0.588. The van der Waals surface area contributed by atoms with E-state index < -0.39 is 5.60 Å². The zero-order valence-corrected chi connectivity index (χ0v) is 13.9. The van der Waals surface area contributed by atoms with Crippen molar-refractivity contribution in [3.05, 3.63) is 30.1 Å². The number of amides is 1. The fourth-order valence-corrected chi connectivity index (χ4v) is 2.33. The van der Waals surface area contributed by atoms with Crippen molar-refractivity contribution in [2.24, 2.45) is 0 Å². The second kappa shape index (κ2) is 7.55. The van der Waals surface area contributed by atoms with Crippen molar-refractivity contribution in [2.75, 3.05) is 19.7 Å². The van der Waals surface area contributed by atoms with Crippen LogP contribution in [-0.4, -0.2) is 53.2 Å². The summed E-state index contributed by atoms with van der Waals surface area (Å²) < 4.78 is 11.0. The van der Waals surface area contributed by atoms with Crippen molar-refractivity contribution in [1.82, 2.24) is 9.88 Å². The predicted octanol–water partition coefficient (Wildman–Crippen LogP) is 2.68. The van der Waals surface area contributed by atoms with Gasteiger partial charge in [-0.05, 0) is 45.7 Å². The Labute approximate surface area is 136 Å². The van der Waals surface area contributed by atoms with E-state index in [9.17, 15) is 9.59 Å². The summed E-state index contributed by atoms with van der Waals surface area (Å²) in [6, 6.07) is 5.22. The second-order valence-electron chi connectivity index (χ2n) is 6.62. The summed E-state index contributed by atoms with van der Waals surface area (Å²) in [5, 5.41) is 0. The Hall–Kier alpha value is -1.95. The van der Waals surface area contributed by atoms with Crippen molar-refractivity contribution in [3.63, 3.8) is 0 Å². The number of pyridine rings is 1. The third-order valence-electron chi connectivity index (χ3n) is 3.49. The van der Waals surface area contributed by atoms with Crippen LogP contribution in [0.4, 0.5) is 4.79 Å². The first kappa shape index (κ1) is 17.4. The molecule has 0 bridgehead atoms. The highest BCUT2D eigenvalue weighted by atomic mass is 16.6. The molecule has 1 aromatic heterocycles. The Morgan fingerprint density at radius 1 is 1.26 bits per heavy atom. The van der Waals surface area contributed by atoms with Gasteiger partial charge in [0.15, 0.2) is 0 Å². The summed E-state index contributed by atoms with van der Waals surface area (Å²) in [6.07, 6.45) is 2.69. The number of Topliss-reactive ketones (excluding diaryl/α,β-unsaturated/α-hetero) is 1. The number of hydrogen-bond acceptors (Lipinski definition) is 5. The molecule has 0 N–H and O–H groups in total. The molecule has 1 aliphatic rings. The maximum Gasteiger partial charge on any atom is 0.410 e. The molecular formula is C17H24N2O4. The van der Waals surface area contributed by atoms with Crippen LogP contribution in [0.2, 0.25) is 0 Å². The number of hydrogen-bond donors (Lipinski definition) is 0. The van der Waals surface area contributed by atoms with Crippen LogP contribution in [0.15, 0.2) is 24.4 Å². The third kappa shape index (κ3) is 5.63. The molecular weight excluding hydrogens is 296 g/mol. The summed E-state index contributed by atoms with van der Waals surface area (Å²) in [5.74, 6) is -0.125. The van der Waals surface area contributed by atoms with E-state index in [2.05, 4.69) is 4.98 Å². The van der Waals surface area contributed by atoms with Crippen LogP contribution in [0.5, 0.6) is 0 Å². The monoisotopic (exact) mass is 320 g/mol. The molecule has 1 aliphatic heterocycles. The van der Waals surface area contributed by atoms with Crippen LogP contribution in [0.1, 0.15) is 44.1 Å². The summed E-state index contributed by atoms with van der Waals surface area (Å²) in [4.78, 5) is 29.6. The van der Waals surface area contributed by atoms with Gasteiger partial charge in [-0.3, -0.25) is 9.78 Å². The maximum absolute atomic E-state index is 12.0. The van der Waals surface area contributed by atoms with E-state index in [4.69, 9.17) is 9.47 Å². The highest BCUT2D eigenvalue weighted by Crippen LogP contribution is 2.17. The Bertz CT molecular complexity index is 531. The van der Waals surface area contributed by atoms with Gasteiger partial charge in [-0.25, -0.2) is 4.79 Å². The Morgan fingerprint density at radius 2 is 1.96 bits per heavy atom. The second-order valence-corrected chi connectivity index (χ2v) is 6.62. The molecule has 6 nitrogen and oxygen atoms in total. The van der Waals surface area contributed by atoms with Crippen LogP contribution >= 0.6 is 0 Å². The summed E-state index contributed by atoms with van der Waals surface area (Å²) >= 11 is 0. The molecule has 0 radical (unpaired) electrons. The van der Waals surface area contributed by atoms with E-state index in [-0.39, 0.29) is 24.6 Å². The van der Waals surface area contributed by atoms with Crippen LogP contribution in [0, 0.1) is 0 Å². The first-order valence-electron chi connectivity index (χ1n) is 7.89. The minimum atomic E-state index is -0.487. The standard InChI is InChI=1S/C17H24N2O4/c1-17(2,3)23-16(21)19-10-7-13(8-11-19)22-12-15(20)14-6-4-5-9-18-14/h4-6,9,13H,7-8,10-12H2,1-3H3. The molecule has 2 rings (SSSR count). The summed E-state index contributed by atoms with van der Waals surface area (Å²) in [7, 11) is 0. The normalized spacial score (nSPS) is 16.2. The lowest BCUT2D eigenvalue weighted by molar-refractivity contribution is -0.00850. The molecule has 1 saturated heterocycles. The molecule has 0 atom stereocenters. The highest BCUT2D eigenvalue weighted by Gasteiger charge is 2.27. The molecule has 0 aromatic carbocycles. The van der Waals surface area contributed by atoms with Gasteiger partial charge < -0.3 is 14.4 Å². The quantitative estimate of drug-likeness (QED) is 0.798. The lowest BCUT2D eigenvalue weighted by atomic mass is 10.1. The smallest absolute Gasteiger partial charge is 0.410 e. The van der Waals surface area contributed by atoms with Crippen molar-refractivity contribution in [1.29, 1.82) is 0 Å². The zero-order valence-electron chi connectivity index (χ0n) is 13.9. The van der Waals surface area contributed by atoms with E-state index in [0.717, 1.165) is 0 Å². The van der Waals surface area contributed by atoms with E-state index in [0.29, 0.717) is 31.6 Å². The molecule has 0 saturated carbocycles.